The second kappa shape index (κ2) is 3.45. The molecule has 70 valence electrons. The Morgan fingerprint density at radius 1 is 1.38 bits per heavy atom. The second-order valence-electron chi connectivity index (χ2n) is 2.18. The van der Waals surface area contributed by atoms with Crippen molar-refractivity contribution in [2.24, 2.45) is 0 Å². The summed E-state index contributed by atoms with van der Waals surface area (Å²) in [5.74, 6) is 0. The normalized spacial score (nSPS) is 11.4. The van der Waals surface area contributed by atoms with Crippen molar-refractivity contribution in [2.75, 3.05) is 0 Å². The van der Waals surface area contributed by atoms with Crippen LogP contribution in [0.4, 0.5) is 13.2 Å². The molecule has 0 saturated carbocycles. The molecule has 1 aromatic rings. The van der Waals surface area contributed by atoms with Crippen molar-refractivity contribution in [1.82, 2.24) is 4.98 Å². The van der Waals surface area contributed by atoms with Crippen molar-refractivity contribution >= 4 is 22.2 Å². The lowest BCUT2D eigenvalue weighted by Crippen LogP contribution is -2.09. The summed E-state index contributed by atoms with van der Waals surface area (Å²) in [5.41, 5.74) is -1.33. The fraction of sp³-hybridized carbons (Fsp3) is 0.143. The number of carbonyl (C=O) groups excluding carboxylic acids is 1. The van der Waals surface area contributed by atoms with E-state index in [1.165, 1.54) is 0 Å². The molecule has 0 saturated heterocycles. The van der Waals surface area contributed by atoms with Gasteiger partial charge in [-0.05, 0) is 28.1 Å². The highest BCUT2D eigenvalue weighted by Crippen LogP contribution is 2.28. The van der Waals surface area contributed by atoms with E-state index in [1.807, 2.05) is 0 Å². The third-order valence-electron chi connectivity index (χ3n) is 1.28. The summed E-state index contributed by atoms with van der Waals surface area (Å²) in [6.07, 6.45) is -4.25. The SMILES string of the molecule is O=Cc1nc(C(F)(F)F)ccc1Br. The van der Waals surface area contributed by atoms with Gasteiger partial charge in [-0.25, -0.2) is 4.98 Å². The number of aldehydes is 1. The Balaban J connectivity index is 3.21. The molecule has 0 unspecified atom stereocenters. The van der Waals surface area contributed by atoms with Crippen molar-refractivity contribution in [3.05, 3.63) is 28.0 Å². The number of aromatic nitrogens is 1. The van der Waals surface area contributed by atoms with Crippen molar-refractivity contribution in [3.8, 4) is 0 Å². The monoisotopic (exact) mass is 253 g/mol. The van der Waals surface area contributed by atoms with E-state index in [0.717, 1.165) is 12.1 Å². The average Bonchev–Trinajstić information content (AvgIpc) is 2.03. The molecule has 0 aliphatic heterocycles. The van der Waals surface area contributed by atoms with Crippen LogP contribution < -0.4 is 0 Å². The van der Waals surface area contributed by atoms with Crippen LogP contribution in [0.15, 0.2) is 16.6 Å². The molecule has 1 heterocycles. The summed E-state index contributed by atoms with van der Waals surface area (Å²) in [6.45, 7) is 0. The molecule has 0 aromatic carbocycles. The van der Waals surface area contributed by atoms with Gasteiger partial charge in [-0.1, -0.05) is 0 Å². The Hall–Kier alpha value is -0.910. The molecule has 1 aromatic heterocycles. The number of hydrogen-bond donors (Lipinski definition) is 0. The molecule has 0 amide bonds. The zero-order chi connectivity index (χ0) is 10.1. The van der Waals surface area contributed by atoms with Gasteiger partial charge in [-0.15, -0.1) is 0 Å². The standard InChI is InChI=1S/C7H3BrF3NO/c8-4-1-2-6(7(9,10)11)12-5(4)3-13/h1-3H. The van der Waals surface area contributed by atoms with Gasteiger partial charge in [0.05, 0.1) is 0 Å². The first-order valence-electron chi connectivity index (χ1n) is 3.14. The zero-order valence-electron chi connectivity index (χ0n) is 6.10. The molecule has 2 nitrogen and oxygen atoms in total. The minimum absolute atomic E-state index is 0.246. The first-order chi connectivity index (χ1) is 5.95. The summed E-state index contributed by atoms with van der Waals surface area (Å²) >= 11 is 2.90. The molecule has 0 radical (unpaired) electrons. The maximum atomic E-state index is 12.0. The van der Waals surface area contributed by atoms with Crippen molar-refractivity contribution < 1.29 is 18.0 Å². The van der Waals surface area contributed by atoms with E-state index in [0.29, 0.717) is 0 Å². The summed E-state index contributed by atoms with van der Waals surface area (Å²) < 4.78 is 36.4. The minimum Gasteiger partial charge on any atom is -0.296 e. The van der Waals surface area contributed by atoms with Crippen LogP contribution in [0.25, 0.3) is 0 Å². The van der Waals surface area contributed by atoms with Crippen LogP contribution in [0, 0.1) is 0 Å². The Morgan fingerprint density at radius 2 is 2.00 bits per heavy atom. The lowest BCUT2D eigenvalue weighted by atomic mass is 10.3. The van der Waals surface area contributed by atoms with Gasteiger partial charge < -0.3 is 0 Å². The molecule has 0 atom stereocenters. The van der Waals surface area contributed by atoms with Gasteiger partial charge in [-0.3, -0.25) is 4.79 Å². The molecule has 0 spiro atoms. The van der Waals surface area contributed by atoms with E-state index in [2.05, 4.69) is 20.9 Å². The number of hydrogen-bond acceptors (Lipinski definition) is 2. The maximum absolute atomic E-state index is 12.0. The Bertz CT molecular complexity index is 337. The van der Waals surface area contributed by atoms with Gasteiger partial charge in [0.25, 0.3) is 0 Å². The first kappa shape index (κ1) is 10.2. The smallest absolute Gasteiger partial charge is 0.296 e. The summed E-state index contributed by atoms with van der Waals surface area (Å²) in [4.78, 5) is 13.4. The Labute approximate surface area is 79.9 Å². The average molecular weight is 254 g/mol. The van der Waals surface area contributed by atoms with Crippen LogP contribution in [0.5, 0.6) is 0 Å². The molecule has 13 heavy (non-hydrogen) atoms. The van der Waals surface area contributed by atoms with Crippen molar-refractivity contribution in [2.45, 2.75) is 6.18 Å². The van der Waals surface area contributed by atoms with Gasteiger partial charge in [0, 0.05) is 4.47 Å². The number of pyridine rings is 1. The number of rotatable bonds is 1. The molecule has 6 heteroatoms. The first-order valence-corrected chi connectivity index (χ1v) is 3.93. The third-order valence-corrected chi connectivity index (χ3v) is 1.95. The molecular formula is C7H3BrF3NO. The molecule has 1 rings (SSSR count). The predicted octanol–water partition coefficient (Wildman–Crippen LogP) is 2.68. The lowest BCUT2D eigenvalue weighted by molar-refractivity contribution is -0.141. The highest BCUT2D eigenvalue weighted by molar-refractivity contribution is 9.10. The third kappa shape index (κ3) is 2.27. The van der Waals surface area contributed by atoms with Crippen LogP contribution in [0.1, 0.15) is 16.2 Å². The van der Waals surface area contributed by atoms with E-state index in [4.69, 9.17) is 0 Å². The van der Waals surface area contributed by atoms with Crippen LogP contribution in [0.3, 0.4) is 0 Å². The predicted molar refractivity (Wildman–Crippen MR) is 42.3 cm³/mol. The quantitative estimate of drug-likeness (QED) is 0.721. The minimum atomic E-state index is -4.52. The van der Waals surface area contributed by atoms with Gasteiger partial charge >= 0.3 is 6.18 Å². The van der Waals surface area contributed by atoms with Crippen LogP contribution >= 0.6 is 15.9 Å². The molecule has 0 fully saturated rings. The van der Waals surface area contributed by atoms with E-state index >= 15 is 0 Å². The highest BCUT2D eigenvalue weighted by atomic mass is 79.9. The molecule has 0 N–H and O–H groups in total. The second-order valence-corrected chi connectivity index (χ2v) is 3.03. The zero-order valence-corrected chi connectivity index (χ0v) is 7.69. The van der Waals surface area contributed by atoms with Crippen LogP contribution in [0.2, 0.25) is 0 Å². The fourth-order valence-corrected chi connectivity index (χ4v) is 1.01. The van der Waals surface area contributed by atoms with E-state index < -0.39 is 11.9 Å². The van der Waals surface area contributed by atoms with Gasteiger partial charge in [0.2, 0.25) is 0 Å². The Kier molecular flexibility index (Phi) is 2.70. The number of alkyl halides is 3. The van der Waals surface area contributed by atoms with Crippen molar-refractivity contribution in [3.63, 3.8) is 0 Å². The largest absolute Gasteiger partial charge is 0.433 e. The van der Waals surface area contributed by atoms with E-state index in [1.54, 1.807) is 0 Å². The van der Waals surface area contributed by atoms with Gasteiger partial charge in [-0.2, -0.15) is 13.2 Å². The molecular weight excluding hydrogens is 251 g/mol. The summed E-state index contributed by atoms with van der Waals surface area (Å²) in [6, 6.07) is 1.94. The van der Waals surface area contributed by atoms with Gasteiger partial charge in [0.1, 0.15) is 11.4 Å². The number of halogens is 4. The summed E-state index contributed by atoms with van der Waals surface area (Å²) in [5, 5.41) is 0. The molecule has 0 aliphatic carbocycles. The van der Waals surface area contributed by atoms with Gasteiger partial charge in [0.15, 0.2) is 6.29 Å². The van der Waals surface area contributed by atoms with Crippen molar-refractivity contribution in [1.29, 1.82) is 0 Å². The fourth-order valence-electron chi connectivity index (χ4n) is 0.698. The molecule has 0 aliphatic rings. The maximum Gasteiger partial charge on any atom is 0.433 e. The topological polar surface area (TPSA) is 30.0 Å². The van der Waals surface area contributed by atoms with E-state index in [-0.39, 0.29) is 16.5 Å². The summed E-state index contributed by atoms with van der Waals surface area (Å²) in [7, 11) is 0. The van der Waals surface area contributed by atoms with E-state index in [9.17, 15) is 18.0 Å². The van der Waals surface area contributed by atoms with Crippen LogP contribution in [-0.2, 0) is 6.18 Å². The Morgan fingerprint density at radius 3 is 2.46 bits per heavy atom. The number of carbonyl (C=O) groups is 1. The molecule has 0 bridgehead atoms. The number of nitrogens with zero attached hydrogens (tertiary/aromatic N) is 1. The van der Waals surface area contributed by atoms with Crippen LogP contribution in [-0.4, -0.2) is 11.3 Å². The lowest BCUT2D eigenvalue weighted by Gasteiger charge is -2.05. The highest BCUT2D eigenvalue weighted by Gasteiger charge is 2.32.